The van der Waals surface area contributed by atoms with Crippen LogP contribution in [0.1, 0.15) is 33.0 Å². The maximum absolute atomic E-state index is 13.3. The molecule has 0 spiro atoms. The van der Waals surface area contributed by atoms with E-state index in [0.717, 1.165) is 11.6 Å². The lowest BCUT2D eigenvalue weighted by Gasteiger charge is -2.11. The monoisotopic (exact) mass is 590 g/mol. The molecule has 0 fully saturated rings. The van der Waals surface area contributed by atoms with Crippen LogP contribution in [0.2, 0.25) is 5.02 Å². The summed E-state index contributed by atoms with van der Waals surface area (Å²) < 4.78 is 31.8. The molecular formula is C29H17ClF2N4O4S. The molecule has 0 aliphatic heterocycles. The average molecular weight is 591 g/mol. The van der Waals surface area contributed by atoms with Crippen LogP contribution in [-0.4, -0.2) is 32.2 Å². The topological polar surface area (TPSA) is 118 Å². The van der Waals surface area contributed by atoms with E-state index in [1.54, 1.807) is 37.4 Å². The fourth-order valence-corrected chi connectivity index (χ4v) is 5.61. The Hall–Kier alpha value is -4.84. The number of carboxylic acids is 1. The smallest absolute Gasteiger partial charge is 0.387 e. The molecular weight excluding hydrogens is 574 g/mol. The van der Waals surface area contributed by atoms with E-state index in [4.69, 9.17) is 11.6 Å². The van der Waals surface area contributed by atoms with Gasteiger partial charge in [-0.3, -0.25) is 14.3 Å². The van der Waals surface area contributed by atoms with Crippen molar-refractivity contribution < 1.29 is 23.4 Å². The standard InChI is InChI=1S/C29H17ClF2N4O4S/c1-14-8-21(26-25(34-14)22(13-41-26)28(38)39)20-10-18(30)6-5-16(20)4-3-7-36-15(2)35-23-11-19(40-29(31)32)9-17(12-33)24(23)27(36)37/h5-6,8-11,13,29H,7H2,1-2H3,(H,38,39). The zero-order valence-electron chi connectivity index (χ0n) is 21.3. The number of aromatic carboxylic acids is 1. The third kappa shape index (κ3) is 5.33. The van der Waals surface area contributed by atoms with Crippen molar-refractivity contribution in [3.05, 3.63) is 85.4 Å². The minimum Gasteiger partial charge on any atom is -0.478 e. The summed E-state index contributed by atoms with van der Waals surface area (Å²) in [6.07, 6.45) is 0. The number of pyridine rings is 1. The minimum absolute atomic E-state index is 0.0321. The van der Waals surface area contributed by atoms with Crippen molar-refractivity contribution >= 4 is 50.0 Å². The number of alkyl halides is 2. The first kappa shape index (κ1) is 27.7. The molecule has 0 radical (unpaired) electrons. The normalized spacial score (nSPS) is 11.0. The molecule has 41 heavy (non-hydrogen) atoms. The van der Waals surface area contributed by atoms with E-state index in [-0.39, 0.29) is 40.1 Å². The van der Waals surface area contributed by atoms with Gasteiger partial charge in [0.15, 0.2) is 0 Å². The molecule has 1 N–H and O–H groups in total. The lowest BCUT2D eigenvalue weighted by atomic mass is 9.99. The van der Waals surface area contributed by atoms with Crippen LogP contribution in [0.3, 0.4) is 0 Å². The Morgan fingerprint density at radius 1 is 1.17 bits per heavy atom. The van der Waals surface area contributed by atoms with Crippen molar-refractivity contribution in [2.24, 2.45) is 0 Å². The lowest BCUT2D eigenvalue weighted by Crippen LogP contribution is -2.24. The summed E-state index contributed by atoms with van der Waals surface area (Å²) in [7, 11) is 0. The van der Waals surface area contributed by atoms with Crippen LogP contribution < -0.4 is 10.3 Å². The van der Waals surface area contributed by atoms with Crippen molar-refractivity contribution in [1.29, 1.82) is 5.26 Å². The summed E-state index contributed by atoms with van der Waals surface area (Å²) in [5.74, 6) is 4.95. The SMILES string of the molecule is Cc1cc(-c2cc(Cl)ccc2C#CCn2c(C)nc3cc(OC(F)F)cc(C#N)c3c2=O)c2scc(C(=O)O)c2n1. The van der Waals surface area contributed by atoms with Crippen molar-refractivity contribution in [3.63, 3.8) is 0 Å². The molecule has 0 aliphatic rings. The van der Waals surface area contributed by atoms with Crippen molar-refractivity contribution in [2.75, 3.05) is 0 Å². The van der Waals surface area contributed by atoms with E-state index in [2.05, 4.69) is 26.5 Å². The number of nitriles is 1. The molecule has 8 nitrogen and oxygen atoms in total. The van der Waals surface area contributed by atoms with E-state index in [0.29, 0.717) is 32.1 Å². The van der Waals surface area contributed by atoms with E-state index < -0.39 is 18.1 Å². The number of carboxylic acid groups (broad SMARTS) is 1. The summed E-state index contributed by atoms with van der Waals surface area (Å²) in [5, 5.41) is 21.1. The number of hydrogen-bond acceptors (Lipinski definition) is 7. The van der Waals surface area contributed by atoms with E-state index in [1.165, 1.54) is 22.0 Å². The predicted octanol–water partition coefficient (Wildman–Crippen LogP) is 6.17. The predicted molar refractivity (Wildman–Crippen MR) is 151 cm³/mol. The molecule has 0 saturated heterocycles. The highest BCUT2D eigenvalue weighted by Crippen LogP contribution is 2.37. The fourth-order valence-electron chi connectivity index (χ4n) is 4.43. The quantitative estimate of drug-likeness (QED) is 0.243. The van der Waals surface area contributed by atoms with Crippen LogP contribution in [0, 0.1) is 37.0 Å². The molecule has 0 atom stereocenters. The maximum atomic E-state index is 13.3. The molecule has 3 heterocycles. The van der Waals surface area contributed by atoms with Crippen molar-refractivity contribution in [1.82, 2.24) is 14.5 Å². The molecule has 0 amide bonds. The second-order valence-corrected chi connectivity index (χ2v) is 10.2. The third-order valence-electron chi connectivity index (χ3n) is 6.18. The molecule has 0 saturated carbocycles. The molecule has 0 aliphatic carbocycles. The first-order valence-corrected chi connectivity index (χ1v) is 13.1. The van der Waals surface area contributed by atoms with Crippen LogP contribution in [0.15, 0.2) is 46.6 Å². The van der Waals surface area contributed by atoms with Crippen LogP contribution >= 0.6 is 22.9 Å². The number of aromatic nitrogens is 3. The van der Waals surface area contributed by atoms with E-state index >= 15 is 0 Å². The number of aryl methyl sites for hydroxylation is 2. The second-order valence-electron chi connectivity index (χ2n) is 8.84. The molecule has 5 aromatic rings. The largest absolute Gasteiger partial charge is 0.478 e. The van der Waals surface area contributed by atoms with Gasteiger partial charge in [-0.25, -0.2) is 9.78 Å². The van der Waals surface area contributed by atoms with E-state index in [1.807, 2.05) is 12.1 Å². The van der Waals surface area contributed by atoms with Crippen LogP contribution in [0.4, 0.5) is 8.78 Å². The van der Waals surface area contributed by atoms with Gasteiger partial charge in [0.25, 0.3) is 5.56 Å². The molecule has 0 unspecified atom stereocenters. The number of benzene rings is 2. The molecule has 12 heteroatoms. The minimum atomic E-state index is -3.10. The Morgan fingerprint density at radius 3 is 2.66 bits per heavy atom. The van der Waals surface area contributed by atoms with Crippen molar-refractivity contribution in [3.8, 4) is 34.8 Å². The number of halogens is 3. The summed E-state index contributed by atoms with van der Waals surface area (Å²) in [4.78, 5) is 33.8. The molecule has 204 valence electrons. The second kappa shape index (κ2) is 11.0. The molecule has 3 aromatic heterocycles. The van der Waals surface area contributed by atoms with Gasteiger partial charge < -0.3 is 9.84 Å². The number of carbonyl (C=O) groups is 1. The first-order chi connectivity index (χ1) is 19.6. The Balaban J connectivity index is 1.59. The third-order valence-corrected chi connectivity index (χ3v) is 7.42. The van der Waals surface area contributed by atoms with Gasteiger partial charge in [0.05, 0.1) is 38.8 Å². The number of nitrogens with zero attached hydrogens (tertiary/aromatic N) is 4. The Morgan fingerprint density at radius 2 is 1.95 bits per heavy atom. The zero-order chi connectivity index (χ0) is 29.4. The van der Waals surface area contributed by atoms with Crippen molar-refractivity contribution in [2.45, 2.75) is 27.0 Å². The summed E-state index contributed by atoms with van der Waals surface area (Å²) in [6, 6.07) is 11.1. The number of fused-ring (bicyclic) bond motifs is 2. The Kier molecular flexibility index (Phi) is 7.41. The zero-order valence-corrected chi connectivity index (χ0v) is 22.9. The Bertz CT molecular complexity index is 2050. The van der Waals surface area contributed by atoms with Crippen LogP contribution in [-0.2, 0) is 6.54 Å². The fraction of sp³-hybridized carbons (Fsp3) is 0.138. The van der Waals surface area contributed by atoms with Gasteiger partial charge in [0.1, 0.15) is 17.6 Å². The lowest BCUT2D eigenvalue weighted by molar-refractivity contribution is -0.0497. The van der Waals surface area contributed by atoms with E-state index in [9.17, 15) is 28.7 Å². The van der Waals surface area contributed by atoms with Crippen LogP contribution in [0.25, 0.3) is 32.2 Å². The highest BCUT2D eigenvalue weighted by molar-refractivity contribution is 7.18. The molecule has 5 rings (SSSR count). The van der Waals surface area contributed by atoms with Gasteiger partial charge in [-0.15, -0.1) is 11.3 Å². The molecule has 2 aromatic carbocycles. The van der Waals surface area contributed by atoms with Gasteiger partial charge in [-0.05, 0) is 44.2 Å². The number of ether oxygens (including phenoxy) is 1. The average Bonchev–Trinajstić information content (AvgIpc) is 3.34. The van der Waals surface area contributed by atoms with Gasteiger partial charge in [0, 0.05) is 38.9 Å². The highest BCUT2D eigenvalue weighted by Gasteiger charge is 2.19. The Labute approximate surface area is 240 Å². The first-order valence-electron chi connectivity index (χ1n) is 11.9. The van der Waals surface area contributed by atoms with Gasteiger partial charge >= 0.3 is 12.6 Å². The highest BCUT2D eigenvalue weighted by atomic mass is 35.5. The number of thiophene rings is 1. The summed E-state index contributed by atoms with van der Waals surface area (Å²) in [5.41, 5.74) is 2.42. The summed E-state index contributed by atoms with van der Waals surface area (Å²) in [6.45, 7) is 0.154. The maximum Gasteiger partial charge on any atom is 0.387 e. The van der Waals surface area contributed by atoms with Crippen LogP contribution in [0.5, 0.6) is 5.75 Å². The number of hydrogen-bond donors (Lipinski definition) is 1. The molecule has 0 bridgehead atoms. The number of rotatable bonds is 5. The van der Waals surface area contributed by atoms with Gasteiger partial charge in [-0.1, -0.05) is 23.4 Å². The van der Waals surface area contributed by atoms with Gasteiger partial charge in [0.2, 0.25) is 0 Å². The summed E-state index contributed by atoms with van der Waals surface area (Å²) >= 11 is 7.58. The van der Waals surface area contributed by atoms with Gasteiger partial charge in [-0.2, -0.15) is 14.0 Å².